The highest BCUT2D eigenvalue weighted by Gasteiger charge is 2.14. The van der Waals surface area contributed by atoms with E-state index in [1.165, 1.54) is 31.3 Å². The van der Waals surface area contributed by atoms with Crippen LogP contribution in [0.4, 0.5) is 11.4 Å². The van der Waals surface area contributed by atoms with Crippen LogP contribution in [0, 0.1) is 0 Å². The lowest BCUT2D eigenvalue weighted by atomic mass is 9.97. The fourth-order valence-corrected chi connectivity index (χ4v) is 3.48. The van der Waals surface area contributed by atoms with Gasteiger partial charge in [0.2, 0.25) is 0 Å². The van der Waals surface area contributed by atoms with Gasteiger partial charge >= 0.3 is 0 Å². The number of allylic oxidation sites excluding steroid dienone is 1. The quantitative estimate of drug-likeness (QED) is 0.728. The molecule has 0 saturated heterocycles. The number of pyridine rings is 1. The first-order valence-electron chi connectivity index (χ1n) is 9.86. The Balaban J connectivity index is 1.35. The molecule has 0 unspecified atom stereocenters. The molecule has 0 radical (unpaired) electrons. The monoisotopic (exact) mass is 379 g/mol. The second-order valence-electron chi connectivity index (χ2n) is 7.06. The molecule has 4 rings (SSSR count). The molecule has 1 amide bonds. The van der Waals surface area contributed by atoms with Crippen LogP contribution in [0.25, 0.3) is 0 Å². The Morgan fingerprint density at radius 3 is 2.79 bits per heavy atom. The van der Waals surface area contributed by atoms with E-state index in [9.17, 15) is 4.79 Å². The molecule has 6 heteroatoms. The van der Waals surface area contributed by atoms with E-state index in [0.717, 1.165) is 18.7 Å². The van der Waals surface area contributed by atoms with Gasteiger partial charge in [-0.1, -0.05) is 11.6 Å². The number of hydrogen-bond donors (Lipinski definition) is 2. The summed E-state index contributed by atoms with van der Waals surface area (Å²) in [7, 11) is 0. The summed E-state index contributed by atoms with van der Waals surface area (Å²) in [6.45, 7) is 1.90. The molecular weight excluding hydrogens is 354 g/mol. The number of amides is 1. The molecule has 0 saturated carbocycles. The summed E-state index contributed by atoms with van der Waals surface area (Å²) in [6, 6.07) is 7.22. The third-order valence-corrected chi connectivity index (χ3v) is 4.96. The Kier molecular flexibility index (Phi) is 5.75. The van der Waals surface area contributed by atoms with Gasteiger partial charge in [-0.3, -0.25) is 9.78 Å². The minimum Gasteiger partial charge on any atom is -0.486 e. The highest BCUT2D eigenvalue weighted by atomic mass is 16.6. The van der Waals surface area contributed by atoms with Crippen LogP contribution in [0.15, 0.2) is 48.3 Å². The van der Waals surface area contributed by atoms with Crippen molar-refractivity contribution < 1.29 is 14.3 Å². The second-order valence-corrected chi connectivity index (χ2v) is 7.06. The molecule has 146 valence electrons. The van der Waals surface area contributed by atoms with Gasteiger partial charge in [-0.05, 0) is 50.3 Å². The highest BCUT2D eigenvalue weighted by molar-refractivity contribution is 6.04. The average Bonchev–Trinajstić information content (AvgIpc) is 2.75. The predicted octanol–water partition coefficient (Wildman–Crippen LogP) is 4.41. The molecule has 0 spiro atoms. The number of aromatic nitrogens is 1. The third-order valence-electron chi connectivity index (χ3n) is 4.96. The highest BCUT2D eigenvalue weighted by Crippen LogP contribution is 2.32. The minimum absolute atomic E-state index is 0.206. The van der Waals surface area contributed by atoms with Gasteiger partial charge in [-0.15, -0.1) is 0 Å². The van der Waals surface area contributed by atoms with Crippen LogP contribution in [0.3, 0.4) is 0 Å². The van der Waals surface area contributed by atoms with Gasteiger partial charge in [-0.25, -0.2) is 0 Å². The van der Waals surface area contributed by atoms with E-state index >= 15 is 0 Å². The lowest BCUT2D eigenvalue weighted by molar-refractivity contribution is 0.102. The summed E-state index contributed by atoms with van der Waals surface area (Å²) in [4.78, 5) is 16.8. The molecule has 28 heavy (non-hydrogen) atoms. The third kappa shape index (κ3) is 4.63. The number of carbonyl (C=O) groups is 1. The van der Waals surface area contributed by atoms with E-state index in [-0.39, 0.29) is 5.91 Å². The maximum absolute atomic E-state index is 12.6. The Morgan fingerprint density at radius 1 is 1.04 bits per heavy atom. The first-order chi connectivity index (χ1) is 13.8. The van der Waals surface area contributed by atoms with E-state index in [2.05, 4.69) is 21.7 Å². The number of nitrogens with zero attached hydrogens (tertiary/aromatic N) is 1. The van der Waals surface area contributed by atoms with Crippen LogP contribution in [-0.2, 0) is 0 Å². The molecule has 2 heterocycles. The van der Waals surface area contributed by atoms with Crippen molar-refractivity contribution in [2.75, 3.05) is 30.4 Å². The second kappa shape index (κ2) is 8.78. The standard InChI is InChI=1S/C22H25N3O3/c26-22(25-18-6-7-20-21(13-18)28-11-10-27-20)17-12-19(15-23-14-17)24-9-8-16-4-2-1-3-5-16/h4,6-7,12-15,24H,1-3,5,8-11H2,(H,25,26). The molecule has 1 aromatic carbocycles. The molecule has 2 N–H and O–H groups in total. The van der Waals surface area contributed by atoms with Crippen molar-refractivity contribution in [3.8, 4) is 11.5 Å². The fraction of sp³-hybridized carbons (Fsp3) is 0.364. The number of rotatable bonds is 6. The first kappa shape index (κ1) is 18.3. The molecular formula is C22H25N3O3. The number of benzene rings is 1. The molecule has 1 aliphatic heterocycles. The Morgan fingerprint density at radius 2 is 1.93 bits per heavy atom. The van der Waals surface area contributed by atoms with Crippen molar-refractivity contribution in [2.24, 2.45) is 0 Å². The summed E-state index contributed by atoms with van der Waals surface area (Å²) in [5, 5.41) is 6.26. The molecule has 1 aliphatic carbocycles. The first-order valence-corrected chi connectivity index (χ1v) is 9.86. The SMILES string of the molecule is O=C(Nc1ccc2c(c1)OCCO2)c1cncc(NCCC2=CCCCC2)c1. The van der Waals surface area contributed by atoms with Gasteiger partial charge in [-0.2, -0.15) is 0 Å². The zero-order chi connectivity index (χ0) is 19.2. The number of fused-ring (bicyclic) bond motifs is 1. The van der Waals surface area contributed by atoms with E-state index in [1.807, 2.05) is 6.07 Å². The van der Waals surface area contributed by atoms with Crippen molar-refractivity contribution in [2.45, 2.75) is 32.1 Å². The van der Waals surface area contributed by atoms with Crippen LogP contribution < -0.4 is 20.1 Å². The normalized spacial score (nSPS) is 15.5. The van der Waals surface area contributed by atoms with Crippen molar-refractivity contribution in [3.63, 3.8) is 0 Å². The number of hydrogen-bond acceptors (Lipinski definition) is 5. The van der Waals surface area contributed by atoms with Crippen LogP contribution in [-0.4, -0.2) is 30.6 Å². The number of ether oxygens (including phenoxy) is 2. The smallest absolute Gasteiger partial charge is 0.257 e. The molecule has 6 nitrogen and oxygen atoms in total. The summed E-state index contributed by atoms with van der Waals surface area (Å²) in [6.07, 6.45) is 11.7. The summed E-state index contributed by atoms with van der Waals surface area (Å²) < 4.78 is 11.1. The zero-order valence-corrected chi connectivity index (χ0v) is 15.9. The Bertz CT molecular complexity index is 879. The van der Waals surface area contributed by atoms with E-state index in [0.29, 0.717) is 36.0 Å². The molecule has 1 aromatic heterocycles. The van der Waals surface area contributed by atoms with Gasteiger partial charge in [0.05, 0.1) is 11.3 Å². The molecule has 0 bridgehead atoms. The van der Waals surface area contributed by atoms with Crippen LogP contribution >= 0.6 is 0 Å². The van der Waals surface area contributed by atoms with Gasteiger partial charge in [0.1, 0.15) is 13.2 Å². The van der Waals surface area contributed by atoms with E-state index in [4.69, 9.17) is 9.47 Å². The Hall–Kier alpha value is -3.02. The largest absolute Gasteiger partial charge is 0.486 e. The number of carbonyl (C=O) groups excluding carboxylic acids is 1. The van der Waals surface area contributed by atoms with Crippen molar-refractivity contribution >= 4 is 17.3 Å². The Labute approximate surface area is 165 Å². The van der Waals surface area contributed by atoms with Crippen molar-refractivity contribution in [1.29, 1.82) is 0 Å². The summed E-state index contributed by atoms with van der Waals surface area (Å²) in [5.74, 6) is 1.14. The maximum atomic E-state index is 12.6. The zero-order valence-electron chi connectivity index (χ0n) is 15.9. The minimum atomic E-state index is -0.206. The fourth-order valence-electron chi connectivity index (χ4n) is 3.48. The molecule has 0 fully saturated rings. The van der Waals surface area contributed by atoms with Crippen molar-refractivity contribution in [1.82, 2.24) is 4.98 Å². The maximum Gasteiger partial charge on any atom is 0.257 e. The van der Waals surface area contributed by atoms with E-state index in [1.54, 1.807) is 30.6 Å². The van der Waals surface area contributed by atoms with Crippen LogP contribution in [0.2, 0.25) is 0 Å². The summed E-state index contributed by atoms with van der Waals surface area (Å²) in [5.41, 5.74) is 3.55. The molecule has 2 aromatic rings. The predicted molar refractivity (Wildman–Crippen MR) is 109 cm³/mol. The van der Waals surface area contributed by atoms with Crippen molar-refractivity contribution in [3.05, 3.63) is 53.9 Å². The van der Waals surface area contributed by atoms with Crippen LogP contribution in [0.5, 0.6) is 11.5 Å². The molecule has 2 aliphatic rings. The molecule has 0 atom stereocenters. The number of nitrogens with one attached hydrogen (secondary N) is 2. The van der Waals surface area contributed by atoms with Gasteiger partial charge < -0.3 is 20.1 Å². The lowest BCUT2D eigenvalue weighted by Gasteiger charge is -2.19. The van der Waals surface area contributed by atoms with Gasteiger partial charge in [0.15, 0.2) is 11.5 Å². The van der Waals surface area contributed by atoms with E-state index < -0.39 is 0 Å². The number of anilines is 2. The van der Waals surface area contributed by atoms with Gasteiger partial charge in [0, 0.05) is 30.7 Å². The van der Waals surface area contributed by atoms with Crippen LogP contribution in [0.1, 0.15) is 42.5 Å². The summed E-state index contributed by atoms with van der Waals surface area (Å²) >= 11 is 0. The average molecular weight is 379 g/mol. The van der Waals surface area contributed by atoms with Gasteiger partial charge in [0.25, 0.3) is 5.91 Å². The lowest BCUT2D eigenvalue weighted by Crippen LogP contribution is -2.16. The topological polar surface area (TPSA) is 72.5 Å².